The monoisotopic (exact) mass is 223 g/mol. The summed E-state index contributed by atoms with van der Waals surface area (Å²) in [6, 6.07) is 4.60. The zero-order valence-corrected chi connectivity index (χ0v) is 8.19. The lowest BCUT2D eigenvalue weighted by Crippen LogP contribution is -1.99. The Morgan fingerprint density at radius 3 is 2.80 bits per heavy atom. The van der Waals surface area contributed by atoms with Crippen molar-refractivity contribution in [1.29, 1.82) is 0 Å². The molecule has 0 bridgehead atoms. The van der Waals surface area contributed by atoms with Gasteiger partial charge < -0.3 is 10.2 Å². The number of aromatic hydroxyl groups is 1. The van der Waals surface area contributed by atoms with E-state index in [2.05, 4.69) is 4.98 Å². The summed E-state index contributed by atoms with van der Waals surface area (Å²) in [5.41, 5.74) is -0.0625. The molecule has 0 amide bonds. The van der Waals surface area contributed by atoms with Crippen LogP contribution in [0.4, 0.5) is 0 Å². The van der Waals surface area contributed by atoms with Crippen molar-refractivity contribution in [2.45, 2.75) is 0 Å². The van der Waals surface area contributed by atoms with Crippen LogP contribution in [0.2, 0.25) is 5.15 Å². The van der Waals surface area contributed by atoms with Crippen molar-refractivity contribution >= 4 is 28.3 Å². The number of benzene rings is 1. The number of rotatable bonds is 1. The number of phenolic OH excluding ortho intramolecular Hbond substituents is 1. The summed E-state index contributed by atoms with van der Waals surface area (Å²) in [6.45, 7) is 0. The molecule has 2 rings (SSSR count). The van der Waals surface area contributed by atoms with Crippen LogP contribution in [-0.4, -0.2) is 21.2 Å². The van der Waals surface area contributed by atoms with Crippen LogP contribution in [0.25, 0.3) is 10.8 Å². The highest BCUT2D eigenvalue weighted by Gasteiger charge is 2.14. The lowest BCUT2D eigenvalue weighted by Gasteiger charge is -2.05. The maximum atomic E-state index is 10.9. The fourth-order valence-corrected chi connectivity index (χ4v) is 1.62. The largest absolute Gasteiger partial charge is 0.507 e. The molecule has 0 aliphatic heterocycles. The molecule has 0 fully saturated rings. The van der Waals surface area contributed by atoms with Crippen molar-refractivity contribution in [1.82, 2.24) is 4.98 Å². The second kappa shape index (κ2) is 3.40. The molecule has 1 aromatic heterocycles. The molecule has 4 nitrogen and oxygen atoms in total. The minimum atomic E-state index is -1.15. The topological polar surface area (TPSA) is 70.4 Å². The van der Waals surface area contributed by atoms with Gasteiger partial charge in [-0.1, -0.05) is 23.7 Å². The molecule has 15 heavy (non-hydrogen) atoms. The average Bonchev–Trinajstić information content (AvgIpc) is 2.19. The van der Waals surface area contributed by atoms with Crippen LogP contribution < -0.4 is 0 Å². The molecule has 5 heteroatoms. The maximum Gasteiger partial charge on any atom is 0.338 e. The van der Waals surface area contributed by atoms with E-state index in [1.54, 1.807) is 12.1 Å². The number of hydrogen-bond donors (Lipinski definition) is 2. The van der Waals surface area contributed by atoms with E-state index in [1.165, 1.54) is 6.07 Å². The fraction of sp³-hybridized carbons (Fsp3) is 0. The first-order chi connectivity index (χ1) is 7.11. The zero-order valence-electron chi connectivity index (χ0n) is 7.44. The first-order valence-corrected chi connectivity index (χ1v) is 4.48. The molecule has 1 aromatic carbocycles. The molecular weight excluding hydrogens is 218 g/mol. The fourth-order valence-electron chi connectivity index (χ4n) is 1.41. The summed E-state index contributed by atoms with van der Waals surface area (Å²) < 4.78 is 0. The van der Waals surface area contributed by atoms with Crippen molar-refractivity contribution in [2.24, 2.45) is 0 Å². The van der Waals surface area contributed by atoms with Crippen molar-refractivity contribution in [3.8, 4) is 5.75 Å². The van der Waals surface area contributed by atoms with Crippen LogP contribution in [0.3, 0.4) is 0 Å². The first kappa shape index (κ1) is 9.73. The summed E-state index contributed by atoms with van der Waals surface area (Å²) in [4.78, 5) is 14.6. The quantitative estimate of drug-likeness (QED) is 0.728. The highest BCUT2D eigenvalue weighted by Crippen LogP contribution is 2.31. The summed E-state index contributed by atoms with van der Waals surface area (Å²) >= 11 is 5.79. The van der Waals surface area contributed by atoms with E-state index in [1.807, 2.05) is 0 Å². The van der Waals surface area contributed by atoms with E-state index in [4.69, 9.17) is 16.7 Å². The Balaban J connectivity index is 2.96. The molecule has 0 saturated heterocycles. The third kappa shape index (κ3) is 1.49. The number of fused-ring (bicyclic) bond motifs is 1. The standard InChI is InChI=1S/C10H6ClNO3/c11-9-5-2-1-3-7(13)8(5)6(4-12-9)10(14)15/h1-4,13H,(H,14,15). The molecule has 2 N–H and O–H groups in total. The van der Waals surface area contributed by atoms with E-state index in [9.17, 15) is 9.90 Å². The molecular formula is C10H6ClNO3. The summed E-state index contributed by atoms with van der Waals surface area (Å²) in [6.07, 6.45) is 1.13. The highest BCUT2D eigenvalue weighted by atomic mass is 35.5. The number of carboxylic acids is 1. The molecule has 0 atom stereocenters. The van der Waals surface area contributed by atoms with Crippen molar-refractivity contribution in [3.05, 3.63) is 35.1 Å². The number of aromatic carboxylic acids is 1. The van der Waals surface area contributed by atoms with Crippen LogP contribution in [0.15, 0.2) is 24.4 Å². The van der Waals surface area contributed by atoms with Crippen LogP contribution >= 0.6 is 11.6 Å². The number of phenols is 1. The third-order valence-electron chi connectivity index (χ3n) is 2.07. The van der Waals surface area contributed by atoms with E-state index < -0.39 is 5.97 Å². The zero-order chi connectivity index (χ0) is 11.0. The molecule has 0 aliphatic rings. The van der Waals surface area contributed by atoms with Gasteiger partial charge in [0, 0.05) is 17.0 Å². The highest BCUT2D eigenvalue weighted by molar-refractivity contribution is 6.35. The first-order valence-electron chi connectivity index (χ1n) is 4.10. The van der Waals surface area contributed by atoms with Gasteiger partial charge in [0.2, 0.25) is 0 Å². The Bertz CT molecular complexity index is 554. The van der Waals surface area contributed by atoms with Gasteiger partial charge in [0.05, 0.1) is 5.56 Å². The predicted molar refractivity (Wildman–Crippen MR) is 55.4 cm³/mol. The van der Waals surface area contributed by atoms with Crippen LogP contribution in [0, 0.1) is 0 Å². The molecule has 0 radical (unpaired) electrons. The lowest BCUT2D eigenvalue weighted by molar-refractivity contribution is 0.0698. The van der Waals surface area contributed by atoms with Gasteiger partial charge in [0.15, 0.2) is 0 Å². The Kier molecular flexibility index (Phi) is 2.21. The van der Waals surface area contributed by atoms with Gasteiger partial charge in [-0.15, -0.1) is 0 Å². The van der Waals surface area contributed by atoms with Gasteiger partial charge in [-0.3, -0.25) is 0 Å². The number of hydrogen-bond acceptors (Lipinski definition) is 3. The minimum Gasteiger partial charge on any atom is -0.507 e. The van der Waals surface area contributed by atoms with Gasteiger partial charge in [-0.25, -0.2) is 9.78 Å². The van der Waals surface area contributed by atoms with Crippen LogP contribution in [0.5, 0.6) is 5.75 Å². The summed E-state index contributed by atoms with van der Waals surface area (Å²) in [5, 5.41) is 19.3. The van der Waals surface area contributed by atoms with Gasteiger partial charge in [0.25, 0.3) is 0 Å². The van der Waals surface area contributed by atoms with Crippen molar-refractivity contribution in [2.75, 3.05) is 0 Å². The minimum absolute atomic E-state index is 0.0625. The third-order valence-corrected chi connectivity index (χ3v) is 2.37. The van der Waals surface area contributed by atoms with Crippen LogP contribution in [-0.2, 0) is 0 Å². The number of carboxylic acid groups (broad SMARTS) is 1. The molecule has 76 valence electrons. The van der Waals surface area contributed by atoms with Gasteiger partial charge in [-0.2, -0.15) is 0 Å². The van der Waals surface area contributed by atoms with E-state index in [0.29, 0.717) is 5.39 Å². The smallest absolute Gasteiger partial charge is 0.338 e. The number of aromatic nitrogens is 1. The average molecular weight is 224 g/mol. The van der Waals surface area contributed by atoms with E-state index >= 15 is 0 Å². The van der Waals surface area contributed by atoms with E-state index in [0.717, 1.165) is 6.20 Å². The van der Waals surface area contributed by atoms with Gasteiger partial charge >= 0.3 is 5.97 Å². The van der Waals surface area contributed by atoms with Crippen molar-refractivity contribution < 1.29 is 15.0 Å². The number of carbonyl (C=O) groups is 1. The number of pyridine rings is 1. The molecule has 0 unspecified atom stereocenters. The normalized spacial score (nSPS) is 10.5. The summed E-state index contributed by atoms with van der Waals surface area (Å²) in [7, 11) is 0. The Labute approximate surface area is 89.8 Å². The molecule has 2 aromatic rings. The predicted octanol–water partition coefficient (Wildman–Crippen LogP) is 2.29. The Morgan fingerprint density at radius 2 is 2.13 bits per heavy atom. The second-order valence-electron chi connectivity index (χ2n) is 2.97. The van der Waals surface area contributed by atoms with Crippen LogP contribution in [0.1, 0.15) is 10.4 Å². The molecule has 1 heterocycles. The molecule has 0 saturated carbocycles. The Morgan fingerprint density at radius 1 is 1.40 bits per heavy atom. The maximum absolute atomic E-state index is 10.9. The lowest BCUT2D eigenvalue weighted by atomic mass is 10.1. The Hall–Kier alpha value is -1.81. The number of nitrogens with zero attached hydrogens (tertiary/aromatic N) is 1. The SMILES string of the molecule is O=C(O)c1cnc(Cl)c2cccc(O)c12. The van der Waals surface area contributed by atoms with Crippen molar-refractivity contribution in [3.63, 3.8) is 0 Å². The second-order valence-corrected chi connectivity index (χ2v) is 3.33. The molecule has 0 spiro atoms. The van der Waals surface area contributed by atoms with Gasteiger partial charge in [-0.05, 0) is 6.07 Å². The molecule has 0 aliphatic carbocycles. The van der Waals surface area contributed by atoms with E-state index in [-0.39, 0.29) is 21.9 Å². The van der Waals surface area contributed by atoms with Gasteiger partial charge in [0.1, 0.15) is 10.9 Å². The number of halogens is 1. The summed E-state index contributed by atoms with van der Waals surface area (Å²) in [5.74, 6) is -1.26.